The number of carboxylic acids is 1. The van der Waals surface area contributed by atoms with Crippen molar-refractivity contribution in [3.63, 3.8) is 0 Å². The molecule has 0 aliphatic heterocycles. The maximum atomic E-state index is 11.6. The number of carboxylic acid groups (broad SMARTS) is 1. The van der Waals surface area contributed by atoms with Crippen molar-refractivity contribution in [2.45, 2.75) is 26.3 Å². The summed E-state index contributed by atoms with van der Waals surface area (Å²) in [6.45, 7) is 2.13. The lowest BCUT2D eigenvalue weighted by Crippen LogP contribution is -2.28. The van der Waals surface area contributed by atoms with Crippen LogP contribution in [0.1, 0.15) is 25.3 Å². The van der Waals surface area contributed by atoms with E-state index in [1.807, 2.05) is 24.3 Å². The van der Waals surface area contributed by atoms with Crippen LogP contribution in [-0.4, -0.2) is 19.0 Å². The molecule has 0 saturated carbocycles. The first-order chi connectivity index (χ1) is 9.01. The largest absolute Gasteiger partial charge is 0.550 e. The summed E-state index contributed by atoms with van der Waals surface area (Å²) in [5.41, 5.74) is 0.960. The minimum Gasteiger partial charge on any atom is -0.550 e. The summed E-state index contributed by atoms with van der Waals surface area (Å²) < 4.78 is 5.04. The molecule has 5 nitrogen and oxygen atoms in total. The summed E-state index contributed by atoms with van der Waals surface area (Å²) in [6.07, 6.45) is 0.0834. The number of benzene rings is 1. The summed E-state index contributed by atoms with van der Waals surface area (Å²) in [5.74, 6) is -0.751. The first-order valence-electron chi connectivity index (χ1n) is 6.10. The Hall–Kier alpha value is -2.04. The molecule has 0 aliphatic rings. The Labute approximate surface area is 112 Å². The summed E-state index contributed by atoms with van der Waals surface area (Å²) in [4.78, 5) is 22.0. The van der Waals surface area contributed by atoms with E-state index in [1.165, 1.54) is 0 Å². The lowest BCUT2D eigenvalue weighted by atomic mass is 10.0. The average Bonchev–Trinajstić information content (AvgIpc) is 2.36. The highest BCUT2D eigenvalue weighted by molar-refractivity contribution is 5.76. The molecule has 0 spiro atoms. The molecular weight excluding hydrogens is 246 g/mol. The first-order valence-corrected chi connectivity index (χ1v) is 6.10. The molecule has 5 heteroatoms. The number of carbonyl (C=O) groups excluding carboxylic acids is 2. The summed E-state index contributed by atoms with van der Waals surface area (Å²) in [6, 6.07) is 7.37. The third-order valence-corrected chi connectivity index (χ3v) is 2.70. The van der Waals surface area contributed by atoms with E-state index in [-0.39, 0.29) is 24.7 Å². The van der Waals surface area contributed by atoms with E-state index >= 15 is 0 Å². The van der Waals surface area contributed by atoms with E-state index in [4.69, 9.17) is 4.74 Å². The van der Waals surface area contributed by atoms with Gasteiger partial charge in [-0.15, -0.1) is 0 Å². The number of nitrogens with one attached hydrogen (secondary N) is 1. The van der Waals surface area contributed by atoms with Crippen molar-refractivity contribution < 1.29 is 19.4 Å². The highest BCUT2D eigenvalue weighted by atomic mass is 16.5. The maximum absolute atomic E-state index is 11.6. The molecule has 0 aliphatic carbocycles. The normalized spacial score (nSPS) is 11.7. The van der Waals surface area contributed by atoms with Crippen LogP contribution in [0, 0.1) is 5.92 Å². The van der Waals surface area contributed by atoms with Crippen LogP contribution in [0.15, 0.2) is 24.3 Å². The van der Waals surface area contributed by atoms with Gasteiger partial charge in [0.2, 0.25) is 5.91 Å². The molecule has 0 saturated heterocycles. The number of hydrogen-bond donors (Lipinski definition) is 1. The van der Waals surface area contributed by atoms with Crippen molar-refractivity contribution >= 4 is 11.9 Å². The van der Waals surface area contributed by atoms with E-state index in [0.29, 0.717) is 6.54 Å². The Balaban J connectivity index is 2.34. The second-order valence-corrected chi connectivity index (χ2v) is 4.51. The number of aliphatic carboxylic acids is 1. The fraction of sp³-hybridized carbons (Fsp3) is 0.429. The van der Waals surface area contributed by atoms with E-state index in [9.17, 15) is 14.7 Å². The van der Waals surface area contributed by atoms with Gasteiger partial charge in [-0.1, -0.05) is 19.1 Å². The van der Waals surface area contributed by atoms with Crippen LogP contribution >= 0.6 is 0 Å². The Morgan fingerprint density at radius 3 is 2.42 bits per heavy atom. The number of hydrogen-bond acceptors (Lipinski definition) is 4. The molecule has 0 aromatic heterocycles. The van der Waals surface area contributed by atoms with Gasteiger partial charge in [0.15, 0.2) is 0 Å². The maximum Gasteiger partial charge on any atom is 0.220 e. The van der Waals surface area contributed by atoms with Gasteiger partial charge in [0.1, 0.15) is 5.75 Å². The van der Waals surface area contributed by atoms with E-state index < -0.39 is 5.97 Å². The van der Waals surface area contributed by atoms with Crippen LogP contribution in [0.4, 0.5) is 0 Å². The monoisotopic (exact) mass is 264 g/mol. The summed E-state index contributed by atoms with van der Waals surface area (Å²) in [7, 11) is 1.59. The third kappa shape index (κ3) is 5.90. The Morgan fingerprint density at radius 2 is 1.89 bits per heavy atom. The Bertz CT molecular complexity index is 428. The summed E-state index contributed by atoms with van der Waals surface area (Å²) in [5, 5.41) is 13.1. The number of methoxy groups -OCH3 is 1. The van der Waals surface area contributed by atoms with Crippen LogP contribution in [-0.2, 0) is 16.1 Å². The molecule has 19 heavy (non-hydrogen) atoms. The minimum absolute atomic E-state index is 0.101. The molecule has 1 amide bonds. The van der Waals surface area contributed by atoms with Gasteiger partial charge < -0.3 is 20.0 Å². The molecule has 0 radical (unpaired) electrons. The Kier molecular flexibility index (Phi) is 5.85. The average molecular weight is 264 g/mol. The zero-order valence-electron chi connectivity index (χ0n) is 11.1. The van der Waals surface area contributed by atoms with Crippen molar-refractivity contribution in [2.75, 3.05) is 7.11 Å². The number of rotatable bonds is 7. The molecule has 1 aromatic carbocycles. The highest BCUT2D eigenvalue weighted by Crippen LogP contribution is 2.11. The van der Waals surface area contributed by atoms with Crippen molar-refractivity contribution in [3.8, 4) is 5.75 Å². The molecule has 0 unspecified atom stereocenters. The zero-order valence-corrected chi connectivity index (χ0v) is 11.1. The van der Waals surface area contributed by atoms with E-state index in [0.717, 1.165) is 11.3 Å². The van der Waals surface area contributed by atoms with Gasteiger partial charge >= 0.3 is 0 Å². The second-order valence-electron chi connectivity index (χ2n) is 4.51. The van der Waals surface area contributed by atoms with Crippen LogP contribution in [0.25, 0.3) is 0 Å². The molecular formula is C14H18NO4-. The molecule has 104 valence electrons. The first kappa shape index (κ1) is 15.0. The molecule has 0 fully saturated rings. The van der Waals surface area contributed by atoms with Gasteiger partial charge in [-0.3, -0.25) is 4.79 Å². The van der Waals surface area contributed by atoms with Crippen molar-refractivity contribution in [2.24, 2.45) is 5.92 Å². The van der Waals surface area contributed by atoms with E-state index in [2.05, 4.69) is 5.32 Å². The van der Waals surface area contributed by atoms with Crippen LogP contribution in [0.5, 0.6) is 5.75 Å². The molecule has 1 atom stereocenters. The fourth-order valence-corrected chi connectivity index (χ4v) is 1.69. The van der Waals surface area contributed by atoms with Gasteiger partial charge in [0.05, 0.1) is 7.11 Å². The van der Waals surface area contributed by atoms with Gasteiger partial charge in [-0.2, -0.15) is 0 Å². The lowest BCUT2D eigenvalue weighted by molar-refractivity contribution is -0.306. The fourth-order valence-electron chi connectivity index (χ4n) is 1.69. The topological polar surface area (TPSA) is 78.5 Å². The van der Waals surface area contributed by atoms with E-state index in [1.54, 1.807) is 14.0 Å². The summed E-state index contributed by atoms with van der Waals surface area (Å²) >= 11 is 0. The van der Waals surface area contributed by atoms with Gasteiger partial charge in [-0.25, -0.2) is 0 Å². The minimum atomic E-state index is -1.13. The molecule has 1 rings (SSSR count). The number of carbonyl (C=O) groups is 2. The standard InChI is InChI=1S/C14H19NO4/c1-10(8-14(17)18)7-13(16)15-9-11-3-5-12(19-2)6-4-11/h3-6,10H,7-9H2,1-2H3,(H,15,16)(H,17,18)/p-1/t10-/m1/s1. The third-order valence-electron chi connectivity index (χ3n) is 2.70. The van der Waals surface area contributed by atoms with Crippen LogP contribution < -0.4 is 15.2 Å². The number of amides is 1. The van der Waals surface area contributed by atoms with Crippen LogP contribution in [0.2, 0.25) is 0 Å². The smallest absolute Gasteiger partial charge is 0.220 e. The van der Waals surface area contributed by atoms with Gasteiger partial charge in [0, 0.05) is 18.9 Å². The predicted octanol–water partition coefficient (Wildman–Crippen LogP) is 0.478. The Morgan fingerprint density at radius 1 is 1.26 bits per heavy atom. The molecule has 1 aromatic rings. The zero-order chi connectivity index (χ0) is 14.3. The van der Waals surface area contributed by atoms with Crippen molar-refractivity contribution in [3.05, 3.63) is 29.8 Å². The van der Waals surface area contributed by atoms with Crippen LogP contribution in [0.3, 0.4) is 0 Å². The van der Waals surface area contributed by atoms with Crippen molar-refractivity contribution in [1.82, 2.24) is 5.32 Å². The molecule has 0 bridgehead atoms. The SMILES string of the molecule is COc1ccc(CNC(=O)C[C@@H](C)CC(=O)[O-])cc1. The highest BCUT2D eigenvalue weighted by Gasteiger charge is 2.09. The number of ether oxygens (including phenoxy) is 1. The predicted molar refractivity (Wildman–Crippen MR) is 68.2 cm³/mol. The van der Waals surface area contributed by atoms with Gasteiger partial charge in [-0.05, 0) is 30.0 Å². The molecule has 0 heterocycles. The van der Waals surface area contributed by atoms with Gasteiger partial charge in [0.25, 0.3) is 0 Å². The quantitative estimate of drug-likeness (QED) is 0.777. The molecule has 1 N–H and O–H groups in total. The lowest BCUT2D eigenvalue weighted by Gasteiger charge is -2.12. The second kappa shape index (κ2) is 7.41. The van der Waals surface area contributed by atoms with Crippen molar-refractivity contribution in [1.29, 1.82) is 0 Å².